The second kappa shape index (κ2) is 6.95. The van der Waals surface area contributed by atoms with Gasteiger partial charge in [-0.15, -0.1) is 10.2 Å². The van der Waals surface area contributed by atoms with E-state index < -0.39 is 5.25 Å². The molecule has 132 valence electrons. The SMILES string of the molecule is Cc1nnc2n1NC(c1ccccc1)C(C(=O)c1ccc(Cl)cc1Cl)S2. The van der Waals surface area contributed by atoms with Crippen LogP contribution in [0.2, 0.25) is 10.0 Å². The normalized spacial score (nSPS) is 18.9. The van der Waals surface area contributed by atoms with Crippen LogP contribution in [0.5, 0.6) is 0 Å². The molecular weight excluding hydrogens is 391 g/mol. The maximum absolute atomic E-state index is 13.3. The number of halogens is 2. The fraction of sp³-hybridized carbons (Fsp3) is 0.167. The predicted octanol–water partition coefficient (Wildman–Crippen LogP) is 4.54. The Balaban J connectivity index is 1.77. The highest BCUT2D eigenvalue weighted by Gasteiger charge is 2.38. The molecule has 0 spiro atoms. The van der Waals surface area contributed by atoms with E-state index in [0.29, 0.717) is 20.8 Å². The van der Waals surface area contributed by atoms with E-state index in [-0.39, 0.29) is 11.8 Å². The van der Waals surface area contributed by atoms with Gasteiger partial charge < -0.3 is 5.43 Å². The third-order valence-electron chi connectivity index (χ3n) is 4.21. The Labute approximate surface area is 164 Å². The molecule has 0 bridgehead atoms. The summed E-state index contributed by atoms with van der Waals surface area (Å²) >= 11 is 13.6. The van der Waals surface area contributed by atoms with Crippen LogP contribution in [0.3, 0.4) is 0 Å². The average molecular weight is 405 g/mol. The Kier molecular flexibility index (Phi) is 4.65. The van der Waals surface area contributed by atoms with Crippen molar-refractivity contribution >= 4 is 40.7 Å². The van der Waals surface area contributed by atoms with Gasteiger partial charge in [0.1, 0.15) is 11.1 Å². The van der Waals surface area contributed by atoms with Gasteiger partial charge in [-0.25, -0.2) is 4.68 Å². The molecule has 1 aliphatic heterocycles. The molecule has 1 aliphatic rings. The first-order chi connectivity index (χ1) is 12.5. The number of Topliss-reactive ketones (excluding diaryl/α,β-unsaturated/α-hetero) is 1. The van der Waals surface area contributed by atoms with Gasteiger partial charge >= 0.3 is 0 Å². The summed E-state index contributed by atoms with van der Waals surface area (Å²) in [7, 11) is 0. The minimum Gasteiger partial charge on any atom is -0.313 e. The number of thioether (sulfide) groups is 1. The molecule has 2 aromatic carbocycles. The van der Waals surface area contributed by atoms with Crippen molar-refractivity contribution < 1.29 is 4.79 Å². The molecule has 0 radical (unpaired) electrons. The van der Waals surface area contributed by atoms with E-state index in [9.17, 15) is 4.79 Å². The van der Waals surface area contributed by atoms with Crippen LogP contribution in [-0.2, 0) is 0 Å². The zero-order valence-corrected chi connectivity index (χ0v) is 16.0. The van der Waals surface area contributed by atoms with Crippen molar-refractivity contribution in [3.05, 3.63) is 75.5 Å². The van der Waals surface area contributed by atoms with Gasteiger partial charge in [-0.05, 0) is 30.7 Å². The highest BCUT2D eigenvalue weighted by Crippen LogP contribution is 2.39. The van der Waals surface area contributed by atoms with E-state index in [1.54, 1.807) is 18.2 Å². The summed E-state index contributed by atoms with van der Waals surface area (Å²) in [5.74, 6) is 0.661. The van der Waals surface area contributed by atoms with Crippen molar-refractivity contribution in [2.24, 2.45) is 0 Å². The second-order valence-corrected chi connectivity index (χ2v) is 7.86. The summed E-state index contributed by atoms with van der Waals surface area (Å²) in [6.45, 7) is 1.87. The lowest BCUT2D eigenvalue weighted by molar-refractivity contribution is 0.0980. The first-order valence-corrected chi connectivity index (χ1v) is 9.57. The topological polar surface area (TPSA) is 59.8 Å². The summed E-state index contributed by atoms with van der Waals surface area (Å²) in [5, 5.41) is 9.31. The molecule has 0 saturated heterocycles. The number of carbonyl (C=O) groups excluding carboxylic acids is 1. The minimum absolute atomic E-state index is 0.0788. The number of hydrogen-bond donors (Lipinski definition) is 1. The van der Waals surface area contributed by atoms with E-state index in [1.807, 2.05) is 41.9 Å². The zero-order valence-electron chi connectivity index (χ0n) is 13.7. The van der Waals surface area contributed by atoms with E-state index >= 15 is 0 Å². The Morgan fingerprint density at radius 1 is 1.15 bits per heavy atom. The van der Waals surface area contributed by atoms with Gasteiger partial charge in [0.2, 0.25) is 5.16 Å². The highest BCUT2D eigenvalue weighted by molar-refractivity contribution is 8.00. The van der Waals surface area contributed by atoms with Crippen molar-refractivity contribution in [3.8, 4) is 0 Å². The molecule has 5 nitrogen and oxygen atoms in total. The van der Waals surface area contributed by atoms with Crippen LogP contribution in [0.1, 0.15) is 27.8 Å². The number of carbonyl (C=O) groups is 1. The number of rotatable bonds is 3. The van der Waals surface area contributed by atoms with Crippen molar-refractivity contribution in [1.29, 1.82) is 0 Å². The van der Waals surface area contributed by atoms with Crippen molar-refractivity contribution in [1.82, 2.24) is 14.9 Å². The quantitative estimate of drug-likeness (QED) is 0.649. The molecule has 0 saturated carbocycles. The van der Waals surface area contributed by atoms with E-state index in [1.165, 1.54) is 11.8 Å². The van der Waals surface area contributed by atoms with Gasteiger partial charge in [0.25, 0.3) is 0 Å². The number of nitrogens with zero attached hydrogens (tertiary/aromatic N) is 3. The lowest BCUT2D eigenvalue weighted by atomic mass is 9.97. The summed E-state index contributed by atoms with van der Waals surface area (Å²) in [6, 6.07) is 14.5. The van der Waals surface area contributed by atoms with Crippen molar-refractivity contribution in [2.75, 3.05) is 5.43 Å². The standard InChI is InChI=1S/C18H14Cl2N4OS/c1-10-21-22-18-24(10)23-15(11-5-3-2-4-6-11)17(26-18)16(25)13-8-7-12(19)9-14(13)20/h2-9,15,17,23H,1H3. The number of nitrogens with one attached hydrogen (secondary N) is 1. The summed E-state index contributed by atoms with van der Waals surface area (Å²) in [5.41, 5.74) is 4.82. The van der Waals surface area contributed by atoms with Crippen LogP contribution < -0.4 is 5.43 Å². The number of aromatic nitrogens is 3. The smallest absolute Gasteiger partial charge is 0.210 e. The largest absolute Gasteiger partial charge is 0.313 e. The predicted molar refractivity (Wildman–Crippen MR) is 104 cm³/mol. The molecule has 1 N–H and O–H groups in total. The van der Waals surface area contributed by atoms with Gasteiger partial charge in [0.05, 0.1) is 11.1 Å². The molecule has 26 heavy (non-hydrogen) atoms. The maximum Gasteiger partial charge on any atom is 0.210 e. The number of ketones is 1. The third-order valence-corrected chi connectivity index (χ3v) is 5.98. The molecule has 4 rings (SSSR count). The van der Waals surface area contributed by atoms with Crippen LogP contribution in [0.25, 0.3) is 0 Å². The van der Waals surface area contributed by atoms with E-state index in [2.05, 4.69) is 15.6 Å². The Bertz CT molecular complexity index is 977. The molecule has 0 aliphatic carbocycles. The summed E-state index contributed by atoms with van der Waals surface area (Å²) in [4.78, 5) is 13.3. The minimum atomic E-state index is -0.438. The highest BCUT2D eigenvalue weighted by atomic mass is 35.5. The first-order valence-electron chi connectivity index (χ1n) is 7.94. The van der Waals surface area contributed by atoms with Gasteiger partial charge in [-0.3, -0.25) is 4.79 Å². The molecule has 1 aromatic heterocycles. The Morgan fingerprint density at radius 3 is 2.65 bits per heavy atom. The van der Waals surface area contributed by atoms with Gasteiger partial charge in [-0.2, -0.15) is 0 Å². The van der Waals surface area contributed by atoms with Gasteiger partial charge in [0, 0.05) is 10.6 Å². The third kappa shape index (κ3) is 3.09. The molecule has 2 heterocycles. The van der Waals surface area contributed by atoms with E-state index in [0.717, 1.165) is 11.4 Å². The maximum atomic E-state index is 13.3. The van der Waals surface area contributed by atoms with Crippen molar-refractivity contribution in [2.45, 2.75) is 23.4 Å². The van der Waals surface area contributed by atoms with Gasteiger partial charge in [-0.1, -0.05) is 65.3 Å². The second-order valence-electron chi connectivity index (χ2n) is 5.91. The average Bonchev–Trinajstić information content (AvgIpc) is 3.01. The van der Waals surface area contributed by atoms with Gasteiger partial charge in [0.15, 0.2) is 5.78 Å². The first kappa shape index (κ1) is 17.4. The van der Waals surface area contributed by atoms with Crippen LogP contribution >= 0.6 is 35.0 Å². The molecule has 8 heteroatoms. The van der Waals surface area contributed by atoms with Crippen LogP contribution in [0, 0.1) is 6.92 Å². The number of hydrogen-bond acceptors (Lipinski definition) is 5. The zero-order chi connectivity index (χ0) is 18.3. The Morgan fingerprint density at radius 2 is 1.92 bits per heavy atom. The summed E-state index contributed by atoms with van der Waals surface area (Å²) < 4.78 is 1.82. The monoisotopic (exact) mass is 404 g/mol. The summed E-state index contributed by atoms with van der Waals surface area (Å²) in [6.07, 6.45) is 0. The number of fused-ring (bicyclic) bond motifs is 1. The van der Waals surface area contributed by atoms with Crippen LogP contribution in [0.15, 0.2) is 53.7 Å². The molecular formula is C18H14Cl2N4OS. The van der Waals surface area contributed by atoms with E-state index in [4.69, 9.17) is 23.2 Å². The molecule has 0 amide bonds. The van der Waals surface area contributed by atoms with Crippen LogP contribution in [-0.4, -0.2) is 25.9 Å². The molecule has 2 unspecified atom stereocenters. The lowest BCUT2D eigenvalue weighted by Crippen LogP contribution is -2.39. The molecule has 0 fully saturated rings. The fourth-order valence-electron chi connectivity index (χ4n) is 2.91. The van der Waals surface area contributed by atoms with Crippen LogP contribution in [0.4, 0.5) is 0 Å². The lowest BCUT2D eigenvalue weighted by Gasteiger charge is -2.32. The number of benzene rings is 2. The Hall–Kier alpha value is -2.02. The molecule has 2 atom stereocenters. The number of aryl methyl sites for hydroxylation is 1. The molecule has 3 aromatic rings. The fourth-order valence-corrected chi connectivity index (χ4v) is 4.61. The van der Waals surface area contributed by atoms with Crippen molar-refractivity contribution in [3.63, 3.8) is 0 Å².